The number of ether oxygens (including phenoxy) is 1. The molecule has 0 saturated carbocycles. The van der Waals surface area contributed by atoms with Crippen LogP contribution in [0.25, 0.3) is 10.2 Å². The van der Waals surface area contributed by atoms with Crippen molar-refractivity contribution < 1.29 is 14.3 Å². The number of nitrogens with zero attached hydrogens (tertiary/aromatic N) is 1. The van der Waals surface area contributed by atoms with Crippen molar-refractivity contribution in [1.29, 1.82) is 0 Å². The highest BCUT2D eigenvalue weighted by Crippen LogP contribution is 2.34. The van der Waals surface area contributed by atoms with Crippen LogP contribution in [0.5, 0.6) is 0 Å². The number of carbonyl (C=O) groups excluding carboxylic acids is 2. The molecule has 3 aromatic rings. The molecule has 0 bridgehead atoms. The molecule has 0 radical (unpaired) electrons. The largest absolute Gasteiger partial charge is 0.469 e. The highest BCUT2D eigenvalue weighted by Gasteiger charge is 2.22. The standard InChI is InChI=1S/C22H22ClN3O4S2/c1-30-19(28)9-15(12-5-2-3-7-14(12)23)24-18(27)11-31-10-17-25-21(29)20-13-6-4-8-16(13)32-22(20)26-17/h2-3,5,7,15H,4,6,8-11H2,1H3,(H,24,27)(H,25,26,29). The van der Waals surface area contributed by atoms with Crippen LogP contribution in [0.2, 0.25) is 5.02 Å². The number of esters is 1. The van der Waals surface area contributed by atoms with E-state index < -0.39 is 12.0 Å². The monoisotopic (exact) mass is 491 g/mol. The quantitative estimate of drug-likeness (QED) is 0.465. The number of carbonyl (C=O) groups is 2. The van der Waals surface area contributed by atoms with Crippen LogP contribution in [0.4, 0.5) is 0 Å². The van der Waals surface area contributed by atoms with Gasteiger partial charge in [-0.25, -0.2) is 4.98 Å². The van der Waals surface area contributed by atoms with E-state index in [2.05, 4.69) is 15.3 Å². The van der Waals surface area contributed by atoms with Crippen LogP contribution >= 0.6 is 34.7 Å². The molecule has 2 heterocycles. The SMILES string of the molecule is COC(=O)CC(NC(=O)CSCc1nc2sc3c(c2c(=O)[nH]1)CCC3)c1ccccc1Cl. The summed E-state index contributed by atoms with van der Waals surface area (Å²) in [5.41, 5.74) is 1.69. The molecule has 2 N–H and O–H groups in total. The topological polar surface area (TPSA) is 101 Å². The zero-order valence-electron chi connectivity index (χ0n) is 17.4. The molecular formula is C22H22ClN3O4S2. The molecule has 7 nitrogen and oxygen atoms in total. The zero-order valence-corrected chi connectivity index (χ0v) is 19.8. The van der Waals surface area contributed by atoms with Crippen LogP contribution in [-0.4, -0.2) is 34.7 Å². The molecular weight excluding hydrogens is 470 g/mol. The molecule has 1 unspecified atom stereocenters. The first-order chi connectivity index (χ1) is 15.5. The van der Waals surface area contributed by atoms with Gasteiger partial charge < -0.3 is 15.0 Å². The highest BCUT2D eigenvalue weighted by atomic mass is 35.5. The second-order valence-electron chi connectivity index (χ2n) is 7.46. The summed E-state index contributed by atoms with van der Waals surface area (Å²) in [4.78, 5) is 46.4. The van der Waals surface area contributed by atoms with Gasteiger partial charge in [0.15, 0.2) is 0 Å². The lowest BCUT2D eigenvalue weighted by Gasteiger charge is -2.19. The van der Waals surface area contributed by atoms with Crippen LogP contribution in [0.3, 0.4) is 0 Å². The molecule has 0 aliphatic heterocycles. The van der Waals surface area contributed by atoms with Gasteiger partial charge >= 0.3 is 5.97 Å². The van der Waals surface area contributed by atoms with E-state index in [1.165, 1.54) is 23.7 Å². The molecule has 0 fully saturated rings. The van der Waals surface area contributed by atoms with E-state index in [4.69, 9.17) is 16.3 Å². The van der Waals surface area contributed by atoms with Crippen LogP contribution in [-0.2, 0) is 32.9 Å². The van der Waals surface area contributed by atoms with Gasteiger partial charge in [0.05, 0.1) is 36.5 Å². The first kappa shape index (κ1) is 22.8. The lowest BCUT2D eigenvalue weighted by molar-refractivity contribution is -0.141. The lowest BCUT2D eigenvalue weighted by atomic mass is 10.0. The van der Waals surface area contributed by atoms with Gasteiger partial charge in [-0.15, -0.1) is 23.1 Å². The number of amides is 1. The van der Waals surface area contributed by atoms with Gasteiger partial charge in [-0.1, -0.05) is 29.8 Å². The molecule has 168 valence electrons. The first-order valence-corrected chi connectivity index (χ1v) is 12.5. The van der Waals surface area contributed by atoms with Gasteiger partial charge in [0.25, 0.3) is 5.56 Å². The van der Waals surface area contributed by atoms with Gasteiger partial charge in [0, 0.05) is 9.90 Å². The van der Waals surface area contributed by atoms with E-state index >= 15 is 0 Å². The third kappa shape index (κ3) is 5.00. The average molecular weight is 492 g/mol. The van der Waals surface area contributed by atoms with Crippen LogP contribution in [0.1, 0.15) is 40.7 Å². The minimum Gasteiger partial charge on any atom is -0.469 e. The summed E-state index contributed by atoms with van der Waals surface area (Å²) in [6.45, 7) is 0. The number of nitrogens with one attached hydrogen (secondary N) is 2. The molecule has 1 atom stereocenters. The summed E-state index contributed by atoms with van der Waals surface area (Å²) in [7, 11) is 1.30. The number of aryl methyl sites for hydroxylation is 2. The Bertz CT molecular complexity index is 1220. The highest BCUT2D eigenvalue weighted by molar-refractivity contribution is 7.99. The molecule has 2 aromatic heterocycles. The van der Waals surface area contributed by atoms with Crippen LogP contribution in [0, 0.1) is 0 Å². The van der Waals surface area contributed by atoms with E-state index in [1.54, 1.807) is 35.6 Å². The van der Waals surface area contributed by atoms with E-state index in [0.29, 0.717) is 22.2 Å². The van der Waals surface area contributed by atoms with Crippen molar-refractivity contribution in [3.63, 3.8) is 0 Å². The minimum atomic E-state index is -0.591. The summed E-state index contributed by atoms with van der Waals surface area (Å²) in [5.74, 6) is 0.403. The van der Waals surface area contributed by atoms with Gasteiger partial charge in [-0.05, 0) is 36.5 Å². The number of benzene rings is 1. The molecule has 0 saturated heterocycles. The summed E-state index contributed by atoms with van der Waals surface area (Å²) >= 11 is 9.19. The van der Waals surface area contributed by atoms with Crippen LogP contribution in [0.15, 0.2) is 29.1 Å². The Balaban J connectivity index is 1.39. The number of hydrogen-bond donors (Lipinski definition) is 2. The zero-order chi connectivity index (χ0) is 22.7. The number of H-pyrrole nitrogens is 1. The Morgan fingerprint density at radius 1 is 1.34 bits per heavy atom. The molecule has 1 aromatic carbocycles. The number of aromatic nitrogens is 2. The lowest BCUT2D eigenvalue weighted by Crippen LogP contribution is -2.32. The van der Waals surface area contributed by atoms with Gasteiger partial charge in [-0.2, -0.15) is 0 Å². The maximum absolute atomic E-state index is 12.6. The summed E-state index contributed by atoms with van der Waals surface area (Å²) in [5, 5.41) is 4.04. The first-order valence-electron chi connectivity index (χ1n) is 10.2. The van der Waals surface area contributed by atoms with Crippen molar-refractivity contribution in [3.8, 4) is 0 Å². The second-order valence-corrected chi connectivity index (χ2v) is 9.94. The maximum atomic E-state index is 12.6. The normalized spacial score (nSPS) is 13.7. The molecule has 1 amide bonds. The fourth-order valence-corrected chi connectivity index (χ4v) is 6.09. The van der Waals surface area contributed by atoms with E-state index in [9.17, 15) is 14.4 Å². The fraction of sp³-hybridized carbons (Fsp3) is 0.364. The van der Waals surface area contributed by atoms with Crippen molar-refractivity contribution in [3.05, 3.63) is 61.5 Å². The molecule has 0 spiro atoms. The third-order valence-corrected chi connectivity index (χ3v) is 7.78. The summed E-state index contributed by atoms with van der Waals surface area (Å²) in [6, 6.07) is 6.47. The van der Waals surface area contributed by atoms with E-state index in [1.807, 2.05) is 0 Å². The Hall–Kier alpha value is -2.36. The predicted octanol–water partition coefficient (Wildman–Crippen LogP) is 3.78. The van der Waals surface area contributed by atoms with Crippen molar-refractivity contribution >= 4 is 56.8 Å². The molecule has 32 heavy (non-hydrogen) atoms. The Morgan fingerprint density at radius 3 is 2.94 bits per heavy atom. The van der Waals surface area contributed by atoms with E-state index in [-0.39, 0.29) is 23.6 Å². The number of methoxy groups -OCH3 is 1. The van der Waals surface area contributed by atoms with Gasteiger partial charge in [0.1, 0.15) is 10.7 Å². The third-order valence-electron chi connectivity index (χ3n) is 5.31. The van der Waals surface area contributed by atoms with Crippen molar-refractivity contribution in [1.82, 2.24) is 15.3 Å². The average Bonchev–Trinajstić information content (AvgIpc) is 3.34. The number of thiophene rings is 1. The van der Waals surface area contributed by atoms with Gasteiger partial charge in [0.2, 0.25) is 5.91 Å². The second kappa shape index (κ2) is 10.1. The molecule has 1 aliphatic carbocycles. The van der Waals surface area contributed by atoms with E-state index in [0.717, 1.165) is 35.0 Å². The molecule has 4 rings (SSSR count). The number of thioether (sulfide) groups is 1. The fourth-order valence-electron chi connectivity index (χ4n) is 3.84. The van der Waals surface area contributed by atoms with Crippen molar-refractivity contribution in [2.75, 3.05) is 12.9 Å². The Labute approximate surface area is 197 Å². The maximum Gasteiger partial charge on any atom is 0.307 e. The summed E-state index contributed by atoms with van der Waals surface area (Å²) < 4.78 is 4.75. The van der Waals surface area contributed by atoms with Crippen molar-refractivity contribution in [2.24, 2.45) is 0 Å². The number of aromatic amines is 1. The van der Waals surface area contributed by atoms with Crippen LogP contribution < -0.4 is 10.9 Å². The Morgan fingerprint density at radius 2 is 2.16 bits per heavy atom. The smallest absolute Gasteiger partial charge is 0.307 e. The number of fused-ring (bicyclic) bond motifs is 3. The van der Waals surface area contributed by atoms with Crippen molar-refractivity contribution in [2.45, 2.75) is 37.5 Å². The van der Waals surface area contributed by atoms with Gasteiger partial charge in [-0.3, -0.25) is 14.4 Å². The number of rotatable bonds is 8. The number of halogens is 1. The number of hydrogen-bond acceptors (Lipinski definition) is 7. The Kier molecular flexibility index (Phi) is 7.17. The molecule has 10 heteroatoms. The molecule has 1 aliphatic rings. The summed E-state index contributed by atoms with van der Waals surface area (Å²) in [6.07, 6.45) is 3.02. The minimum absolute atomic E-state index is 0.0226. The predicted molar refractivity (Wildman–Crippen MR) is 127 cm³/mol.